The van der Waals surface area contributed by atoms with Gasteiger partial charge in [0.25, 0.3) is 0 Å². The van der Waals surface area contributed by atoms with Crippen molar-refractivity contribution in [2.45, 2.75) is 25.7 Å². The van der Waals surface area contributed by atoms with E-state index in [4.69, 9.17) is 15.9 Å². The first-order chi connectivity index (χ1) is 7.70. The van der Waals surface area contributed by atoms with E-state index in [2.05, 4.69) is 17.5 Å². The third kappa shape index (κ3) is 3.32. The van der Waals surface area contributed by atoms with Gasteiger partial charge in [-0.1, -0.05) is 6.07 Å². The average Bonchev–Trinajstić information content (AvgIpc) is 2.79. The second-order valence-corrected chi connectivity index (χ2v) is 5.62. The fraction of sp³-hybridized carbons (Fsp3) is 0.583. The maximum Gasteiger partial charge on any atom is 0.0911 e. The molecule has 0 unspecified atom stereocenters. The Labute approximate surface area is 100 Å². The van der Waals surface area contributed by atoms with Gasteiger partial charge < -0.3 is 10.5 Å². The second kappa shape index (κ2) is 4.97. The van der Waals surface area contributed by atoms with Crippen LogP contribution in [0.25, 0.3) is 0 Å². The van der Waals surface area contributed by atoms with Gasteiger partial charge in [0, 0.05) is 23.1 Å². The van der Waals surface area contributed by atoms with E-state index >= 15 is 0 Å². The van der Waals surface area contributed by atoms with E-state index in [0.717, 1.165) is 32.5 Å². The van der Waals surface area contributed by atoms with Crippen molar-refractivity contribution < 1.29 is 4.74 Å². The van der Waals surface area contributed by atoms with Crippen LogP contribution in [0.1, 0.15) is 24.1 Å². The van der Waals surface area contributed by atoms with Crippen LogP contribution in [0.3, 0.4) is 0 Å². The lowest BCUT2D eigenvalue weighted by Gasteiger charge is -2.14. The van der Waals surface area contributed by atoms with Gasteiger partial charge in [0.15, 0.2) is 0 Å². The number of nitrogens with one attached hydrogen (secondary N) is 1. The van der Waals surface area contributed by atoms with Crippen molar-refractivity contribution in [2.24, 2.45) is 11.1 Å². The molecule has 2 rings (SSSR count). The van der Waals surface area contributed by atoms with E-state index in [1.165, 1.54) is 4.88 Å². The minimum atomic E-state index is 0.210. The summed E-state index contributed by atoms with van der Waals surface area (Å²) in [5, 5.41) is 9.40. The Balaban J connectivity index is 1.63. The highest BCUT2D eigenvalue weighted by atomic mass is 32.1. The van der Waals surface area contributed by atoms with Gasteiger partial charge in [0.1, 0.15) is 0 Å². The van der Waals surface area contributed by atoms with Gasteiger partial charge in [-0.2, -0.15) is 0 Å². The lowest BCUT2D eigenvalue weighted by atomic mass is 10.0. The van der Waals surface area contributed by atoms with Crippen LogP contribution in [0.15, 0.2) is 17.5 Å². The standard InChI is InChI=1S/C12H18N2OS/c13-11(14)8-12(4-5-12)9-15-6-3-10-2-1-7-16-10/h1-2,7H,3-6,8-9H2,(H3,13,14). The first-order valence-electron chi connectivity index (χ1n) is 5.63. The molecule has 0 aromatic carbocycles. The molecule has 1 saturated carbocycles. The predicted molar refractivity (Wildman–Crippen MR) is 67.0 cm³/mol. The molecule has 1 fully saturated rings. The summed E-state index contributed by atoms with van der Waals surface area (Å²) in [7, 11) is 0. The van der Waals surface area contributed by atoms with Crippen LogP contribution >= 0.6 is 11.3 Å². The summed E-state index contributed by atoms with van der Waals surface area (Å²) >= 11 is 1.77. The van der Waals surface area contributed by atoms with E-state index in [0.29, 0.717) is 12.3 Å². The molecule has 0 amide bonds. The summed E-state index contributed by atoms with van der Waals surface area (Å²) in [6.45, 7) is 1.54. The molecular formula is C12H18N2OS. The molecule has 0 radical (unpaired) electrons. The van der Waals surface area contributed by atoms with Gasteiger partial charge in [-0.25, -0.2) is 0 Å². The first kappa shape index (κ1) is 11.6. The predicted octanol–water partition coefficient (Wildman–Crippen LogP) is 2.41. The molecule has 0 spiro atoms. The molecule has 4 heteroatoms. The molecule has 0 bridgehead atoms. The molecule has 1 aliphatic carbocycles. The zero-order valence-electron chi connectivity index (χ0n) is 9.37. The normalized spacial score (nSPS) is 17.2. The number of nitrogens with two attached hydrogens (primary N) is 1. The lowest BCUT2D eigenvalue weighted by molar-refractivity contribution is 0.0952. The molecule has 3 N–H and O–H groups in total. The highest BCUT2D eigenvalue weighted by Gasteiger charge is 2.43. The molecule has 0 aliphatic heterocycles. The van der Waals surface area contributed by atoms with Gasteiger partial charge in [-0.3, -0.25) is 5.41 Å². The van der Waals surface area contributed by atoms with Gasteiger partial charge >= 0.3 is 0 Å². The Morgan fingerprint density at radius 2 is 2.38 bits per heavy atom. The van der Waals surface area contributed by atoms with Gasteiger partial charge in [-0.05, 0) is 24.3 Å². The fourth-order valence-electron chi connectivity index (χ4n) is 1.87. The van der Waals surface area contributed by atoms with Crippen molar-refractivity contribution in [1.82, 2.24) is 0 Å². The fourth-order valence-corrected chi connectivity index (χ4v) is 2.56. The van der Waals surface area contributed by atoms with Crippen LogP contribution in [-0.2, 0) is 11.2 Å². The summed E-state index contributed by atoms with van der Waals surface area (Å²) < 4.78 is 5.69. The van der Waals surface area contributed by atoms with E-state index in [1.54, 1.807) is 11.3 Å². The quantitative estimate of drug-likeness (QED) is 0.435. The molecule has 1 aromatic rings. The number of amidine groups is 1. The van der Waals surface area contributed by atoms with Crippen LogP contribution in [0.4, 0.5) is 0 Å². The zero-order chi connectivity index (χ0) is 11.4. The zero-order valence-corrected chi connectivity index (χ0v) is 10.2. The van der Waals surface area contributed by atoms with Crippen molar-refractivity contribution in [3.63, 3.8) is 0 Å². The number of thiophene rings is 1. The maximum absolute atomic E-state index is 7.31. The summed E-state index contributed by atoms with van der Waals surface area (Å²) in [6, 6.07) is 4.20. The second-order valence-electron chi connectivity index (χ2n) is 4.58. The molecule has 0 atom stereocenters. The molecule has 3 nitrogen and oxygen atoms in total. The molecule has 16 heavy (non-hydrogen) atoms. The SMILES string of the molecule is N=C(N)CC1(COCCc2cccs2)CC1. The summed E-state index contributed by atoms with van der Waals surface area (Å²) in [4.78, 5) is 1.37. The Morgan fingerprint density at radius 3 is 2.94 bits per heavy atom. The smallest absolute Gasteiger partial charge is 0.0911 e. The number of rotatable bonds is 7. The lowest BCUT2D eigenvalue weighted by Crippen LogP contribution is -2.20. The maximum atomic E-state index is 7.31. The summed E-state index contributed by atoms with van der Waals surface area (Å²) in [5.74, 6) is 0.291. The molecule has 1 aromatic heterocycles. The molecular weight excluding hydrogens is 220 g/mol. The molecule has 1 aliphatic rings. The van der Waals surface area contributed by atoms with E-state index in [1.807, 2.05) is 0 Å². The minimum absolute atomic E-state index is 0.210. The summed E-state index contributed by atoms with van der Waals surface area (Å²) in [5.41, 5.74) is 5.64. The van der Waals surface area contributed by atoms with E-state index in [-0.39, 0.29) is 5.41 Å². The van der Waals surface area contributed by atoms with Crippen molar-refractivity contribution in [3.05, 3.63) is 22.4 Å². The van der Waals surface area contributed by atoms with Crippen LogP contribution in [-0.4, -0.2) is 19.0 Å². The Morgan fingerprint density at radius 1 is 1.56 bits per heavy atom. The Hall–Kier alpha value is -0.870. The van der Waals surface area contributed by atoms with Crippen molar-refractivity contribution in [3.8, 4) is 0 Å². The van der Waals surface area contributed by atoms with Crippen molar-refractivity contribution in [2.75, 3.05) is 13.2 Å². The monoisotopic (exact) mass is 238 g/mol. The van der Waals surface area contributed by atoms with E-state index < -0.39 is 0 Å². The van der Waals surface area contributed by atoms with Crippen LogP contribution in [0, 0.1) is 10.8 Å². The topological polar surface area (TPSA) is 59.1 Å². The van der Waals surface area contributed by atoms with Gasteiger partial charge in [-0.15, -0.1) is 11.3 Å². The third-order valence-corrected chi connectivity index (χ3v) is 3.94. The summed E-state index contributed by atoms with van der Waals surface area (Å²) in [6.07, 6.45) is 4.01. The highest BCUT2D eigenvalue weighted by Crippen LogP contribution is 2.48. The molecule has 1 heterocycles. The largest absolute Gasteiger partial charge is 0.388 e. The van der Waals surface area contributed by atoms with Crippen molar-refractivity contribution >= 4 is 17.2 Å². The molecule has 88 valence electrons. The van der Waals surface area contributed by atoms with E-state index in [9.17, 15) is 0 Å². The average molecular weight is 238 g/mol. The Kier molecular flexibility index (Phi) is 3.61. The number of hydrogen-bond acceptors (Lipinski definition) is 3. The van der Waals surface area contributed by atoms with Crippen LogP contribution in [0.2, 0.25) is 0 Å². The first-order valence-corrected chi connectivity index (χ1v) is 6.51. The number of hydrogen-bond donors (Lipinski definition) is 2. The Bertz CT molecular complexity index is 344. The number of ether oxygens (including phenoxy) is 1. The van der Waals surface area contributed by atoms with Gasteiger partial charge in [0.05, 0.1) is 19.0 Å². The van der Waals surface area contributed by atoms with Gasteiger partial charge in [0.2, 0.25) is 0 Å². The minimum Gasteiger partial charge on any atom is -0.388 e. The molecule has 0 saturated heterocycles. The van der Waals surface area contributed by atoms with Crippen LogP contribution < -0.4 is 5.73 Å². The van der Waals surface area contributed by atoms with Crippen LogP contribution in [0.5, 0.6) is 0 Å². The highest BCUT2D eigenvalue weighted by molar-refractivity contribution is 7.09. The van der Waals surface area contributed by atoms with Crippen molar-refractivity contribution in [1.29, 1.82) is 5.41 Å². The third-order valence-electron chi connectivity index (χ3n) is 3.00.